The van der Waals surface area contributed by atoms with E-state index in [4.69, 9.17) is 5.73 Å². The van der Waals surface area contributed by atoms with Crippen LogP contribution in [-0.2, 0) is 4.79 Å². The Hall–Kier alpha value is -0.910. The standard InChI is InChI=1S/C15H22BrN3O/c1-11(19-8-7-15(2,9-17)10-19)14(20)18-13-5-3-12(16)4-6-13/h3-6,11H,7-10,17H2,1-2H3,(H,18,20). The van der Waals surface area contributed by atoms with Gasteiger partial charge in [-0.2, -0.15) is 0 Å². The van der Waals surface area contributed by atoms with Crippen LogP contribution in [0.4, 0.5) is 5.69 Å². The number of benzene rings is 1. The third kappa shape index (κ3) is 3.59. The van der Waals surface area contributed by atoms with Gasteiger partial charge in [0.1, 0.15) is 0 Å². The summed E-state index contributed by atoms with van der Waals surface area (Å²) in [4.78, 5) is 14.5. The molecule has 0 bridgehead atoms. The minimum absolute atomic E-state index is 0.0357. The third-order valence-electron chi connectivity index (χ3n) is 4.12. The lowest BCUT2D eigenvalue weighted by atomic mass is 9.90. The fraction of sp³-hybridized carbons (Fsp3) is 0.533. The zero-order valence-corrected chi connectivity index (χ0v) is 13.6. The maximum atomic E-state index is 12.3. The van der Waals surface area contributed by atoms with Gasteiger partial charge in [-0.05, 0) is 56.1 Å². The number of hydrogen-bond acceptors (Lipinski definition) is 3. The van der Waals surface area contributed by atoms with Gasteiger partial charge in [0, 0.05) is 16.7 Å². The van der Waals surface area contributed by atoms with Gasteiger partial charge in [-0.1, -0.05) is 22.9 Å². The molecule has 2 rings (SSSR count). The number of likely N-dealkylation sites (tertiary alicyclic amines) is 1. The summed E-state index contributed by atoms with van der Waals surface area (Å²) in [6, 6.07) is 7.49. The second kappa shape index (κ2) is 6.24. The molecule has 3 N–H and O–H groups in total. The molecule has 1 aliphatic heterocycles. The van der Waals surface area contributed by atoms with E-state index in [-0.39, 0.29) is 17.4 Å². The molecule has 0 spiro atoms. The predicted octanol–water partition coefficient (Wildman–Crippen LogP) is 2.45. The second-order valence-electron chi connectivity index (χ2n) is 5.91. The van der Waals surface area contributed by atoms with Crippen molar-refractivity contribution in [3.8, 4) is 0 Å². The van der Waals surface area contributed by atoms with Crippen LogP contribution in [0.25, 0.3) is 0 Å². The Labute approximate surface area is 128 Å². The summed E-state index contributed by atoms with van der Waals surface area (Å²) >= 11 is 3.38. The Balaban J connectivity index is 1.94. The Kier molecular flexibility index (Phi) is 4.83. The van der Waals surface area contributed by atoms with Gasteiger partial charge in [-0.15, -0.1) is 0 Å². The normalized spacial score (nSPS) is 24.6. The summed E-state index contributed by atoms with van der Waals surface area (Å²) < 4.78 is 1.00. The second-order valence-corrected chi connectivity index (χ2v) is 6.82. The van der Waals surface area contributed by atoms with E-state index in [2.05, 4.69) is 33.1 Å². The van der Waals surface area contributed by atoms with E-state index in [1.165, 1.54) is 0 Å². The minimum atomic E-state index is -0.132. The predicted molar refractivity (Wildman–Crippen MR) is 85.6 cm³/mol. The molecule has 0 aromatic heterocycles. The number of hydrogen-bond donors (Lipinski definition) is 2. The Morgan fingerprint density at radius 2 is 2.15 bits per heavy atom. The molecule has 1 aliphatic rings. The highest BCUT2D eigenvalue weighted by atomic mass is 79.9. The zero-order chi connectivity index (χ0) is 14.8. The van der Waals surface area contributed by atoms with E-state index in [0.717, 1.165) is 29.7 Å². The summed E-state index contributed by atoms with van der Waals surface area (Å²) in [6.45, 7) is 6.63. The van der Waals surface area contributed by atoms with E-state index in [0.29, 0.717) is 6.54 Å². The molecule has 0 radical (unpaired) electrons. The molecule has 4 nitrogen and oxygen atoms in total. The first-order chi connectivity index (χ1) is 9.43. The van der Waals surface area contributed by atoms with Crippen molar-refractivity contribution < 1.29 is 4.79 Å². The average molecular weight is 340 g/mol. The van der Waals surface area contributed by atoms with Crippen molar-refractivity contribution in [3.05, 3.63) is 28.7 Å². The fourth-order valence-electron chi connectivity index (χ4n) is 2.50. The lowest BCUT2D eigenvalue weighted by molar-refractivity contribution is -0.120. The van der Waals surface area contributed by atoms with Crippen LogP contribution < -0.4 is 11.1 Å². The minimum Gasteiger partial charge on any atom is -0.330 e. The van der Waals surface area contributed by atoms with Gasteiger partial charge in [0.05, 0.1) is 6.04 Å². The largest absolute Gasteiger partial charge is 0.330 e. The molecule has 2 atom stereocenters. The lowest BCUT2D eigenvalue weighted by Gasteiger charge is -2.26. The number of anilines is 1. The molecule has 0 aliphatic carbocycles. The smallest absolute Gasteiger partial charge is 0.241 e. The SMILES string of the molecule is CC(C(=O)Nc1ccc(Br)cc1)N1CCC(C)(CN)C1. The van der Waals surface area contributed by atoms with Crippen LogP contribution in [0, 0.1) is 5.41 Å². The van der Waals surface area contributed by atoms with E-state index in [9.17, 15) is 4.79 Å². The van der Waals surface area contributed by atoms with Crippen LogP contribution >= 0.6 is 15.9 Å². The molecule has 5 heteroatoms. The highest BCUT2D eigenvalue weighted by Gasteiger charge is 2.36. The first-order valence-corrected chi connectivity index (χ1v) is 7.73. The molecule has 2 unspecified atom stereocenters. The molecular formula is C15H22BrN3O. The molecular weight excluding hydrogens is 318 g/mol. The van der Waals surface area contributed by atoms with Crippen LogP contribution in [0.5, 0.6) is 0 Å². The molecule has 1 fully saturated rings. The van der Waals surface area contributed by atoms with Crippen LogP contribution in [0.3, 0.4) is 0 Å². The summed E-state index contributed by atoms with van der Waals surface area (Å²) in [7, 11) is 0. The van der Waals surface area contributed by atoms with Crippen LogP contribution in [0.2, 0.25) is 0 Å². The Bertz CT molecular complexity index is 477. The Morgan fingerprint density at radius 1 is 1.50 bits per heavy atom. The van der Waals surface area contributed by atoms with E-state index in [1.54, 1.807) is 0 Å². The molecule has 1 heterocycles. The van der Waals surface area contributed by atoms with Crippen molar-refractivity contribution in [3.63, 3.8) is 0 Å². The number of nitrogens with zero attached hydrogens (tertiary/aromatic N) is 1. The molecule has 1 amide bonds. The maximum absolute atomic E-state index is 12.3. The fourth-order valence-corrected chi connectivity index (χ4v) is 2.77. The van der Waals surface area contributed by atoms with Crippen molar-refractivity contribution in [2.24, 2.45) is 11.1 Å². The van der Waals surface area contributed by atoms with E-state index < -0.39 is 0 Å². The third-order valence-corrected chi connectivity index (χ3v) is 4.65. The molecule has 1 aromatic carbocycles. The summed E-state index contributed by atoms with van der Waals surface area (Å²) in [5, 5.41) is 2.96. The summed E-state index contributed by atoms with van der Waals surface area (Å²) in [6.07, 6.45) is 1.05. The number of halogens is 1. The number of amides is 1. The van der Waals surface area contributed by atoms with Crippen molar-refractivity contribution in [1.29, 1.82) is 0 Å². The number of nitrogens with one attached hydrogen (secondary N) is 1. The monoisotopic (exact) mass is 339 g/mol. The van der Waals surface area contributed by atoms with Gasteiger partial charge in [-0.25, -0.2) is 0 Å². The number of nitrogens with two attached hydrogens (primary N) is 1. The average Bonchev–Trinajstić information content (AvgIpc) is 2.84. The van der Waals surface area contributed by atoms with Crippen molar-refractivity contribution in [1.82, 2.24) is 4.90 Å². The topological polar surface area (TPSA) is 58.4 Å². The van der Waals surface area contributed by atoms with Crippen molar-refractivity contribution >= 4 is 27.5 Å². The quantitative estimate of drug-likeness (QED) is 0.885. The highest BCUT2D eigenvalue weighted by Crippen LogP contribution is 2.30. The summed E-state index contributed by atoms with van der Waals surface area (Å²) in [5.74, 6) is 0.0357. The molecule has 110 valence electrons. The number of carbonyl (C=O) groups excluding carboxylic acids is 1. The van der Waals surface area contributed by atoms with Gasteiger partial charge in [0.15, 0.2) is 0 Å². The van der Waals surface area contributed by atoms with Gasteiger partial charge in [0.25, 0.3) is 0 Å². The van der Waals surface area contributed by atoms with E-state index in [1.807, 2.05) is 31.2 Å². The van der Waals surface area contributed by atoms with Gasteiger partial charge in [-0.3, -0.25) is 9.69 Å². The van der Waals surface area contributed by atoms with E-state index >= 15 is 0 Å². The summed E-state index contributed by atoms with van der Waals surface area (Å²) in [5.41, 5.74) is 6.78. The first kappa shape index (κ1) is 15.5. The first-order valence-electron chi connectivity index (χ1n) is 6.94. The van der Waals surface area contributed by atoms with Gasteiger partial charge < -0.3 is 11.1 Å². The van der Waals surface area contributed by atoms with Crippen LogP contribution in [0.1, 0.15) is 20.3 Å². The maximum Gasteiger partial charge on any atom is 0.241 e. The molecule has 1 aromatic rings. The Morgan fingerprint density at radius 3 is 2.70 bits per heavy atom. The molecule has 1 saturated heterocycles. The lowest BCUT2D eigenvalue weighted by Crippen LogP contribution is -2.42. The number of rotatable bonds is 4. The molecule has 0 saturated carbocycles. The number of carbonyl (C=O) groups is 1. The van der Waals surface area contributed by atoms with Crippen LogP contribution in [0.15, 0.2) is 28.7 Å². The van der Waals surface area contributed by atoms with Crippen molar-refractivity contribution in [2.75, 3.05) is 25.0 Å². The molecule has 20 heavy (non-hydrogen) atoms. The van der Waals surface area contributed by atoms with Gasteiger partial charge >= 0.3 is 0 Å². The highest BCUT2D eigenvalue weighted by molar-refractivity contribution is 9.10. The zero-order valence-electron chi connectivity index (χ0n) is 12.0. The van der Waals surface area contributed by atoms with Gasteiger partial charge in [0.2, 0.25) is 5.91 Å². The van der Waals surface area contributed by atoms with Crippen molar-refractivity contribution in [2.45, 2.75) is 26.3 Å². The van der Waals surface area contributed by atoms with Crippen LogP contribution in [-0.4, -0.2) is 36.5 Å².